The standard InChI is InChI=1S/C69H130O6/c1-4-7-10-13-16-19-22-24-26-28-30-32-34-36-38-40-42-44-47-50-53-56-59-62-68(71)74-65-66(64-73-67(70)61-58-55-52-49-46-21-18-15-12-9-6-3)75-69(72)63-60-57-54-51-48-45-43-41-39-37-35-33-31-29-27-25-23-20-17-14-11-8-5-2/h22,24,28,30,66H,4-21,23,25-27,29,31-65H2,1-3H3/b24-22-,30-28-. The summed E-state index contributed by atoms with van der Waals surface area (Å²) in [5, 5.41) is 0. The number of hydrogen-bond acceptors (Lipinski definition) is 6. The van der Waals surface area contributed by atoms with Crippen molar-refractivity contribution in [1.29, 1.82) is 0 Å². The van der Waals surface area contributed by atoms with E-state index in [1.807, 2.05) is 0 Å². The second kappa shape index (κ2) is 64.4. The van der Waals surface area contributed by atoms with Crippen LogP contribution in [-0.4, -0.2) is 37.2 Å². The number of allylic oxidation sites excluding steroid dienone is 4. The fourth-order valence-electron chi connectivity index (χ4n) is 10.4. The zero-order valence-corrected chi connectivity index (χ0v) is 50.8. The van der Waals surface area contributed by atoms with E-state index in [0.717, 1.165) is 64.2 Å². The van der Waals surface area contributed by atoms with Gasteiger partial charge in [-0.2, -0.15) is 0 Å². The molecule has 6 heteroatoms. The quantitative estimate of drug-likeness (QED) is 0.0261. The van der Waals surface area contributed by atoms with Crippen LogP contribution in [0.25, 0.3) is 0 Å². The Morgan fingerprint density at radius 2 is 0.480 bits per heavy atom. The van der Waals surface area contributed by atoms with Crippen molar-refractivity contribution < 1.29 is 28.6 Å². The largest absolute Gasteiger partial charge is 0.462 e. The molecule has 0 N–H and O–H groups in total. The average Bonchev–Trinajstić information content (AvgIpc) is 3.41. The molecule has 0 heterocycles. The lowest BCUT2D eigenvalue weighted by molar-refractivity contribution is -0.167. The predicted octanol–water partition coefficient (Wildman–Crippen LogP) is 23.0. The van der Waals surface area contributed by atoms with E-state index < -0.39 is 6.10 Å². The van der Waals surface area contributed by atoms with Crippen molar-refractivity contribution in [2.24, 2.45) is 0 Å². The monoisotopic (exact) mass is 1050 g/mol. The summed E-state index contributed by atoms with van der Waals surface area (Å²) < 4.78 is 17.0. The van der Waals surface area contributed by atoms with Gasteiger partial charge in [-0.25, -0.2) is 0 Å². The van der Waals surface area contributed by atoms with Crippen molar-refractivity contribution in [3.63, 3.8) is 0 Å². The minimum absolute atomic E-state index is 0.0654. The highest BCUT2D eigenvalue weighted by Crippen LogP contribution is 2.18. The van der Waals surface area contributed by atoms with Crippen LogP contribution < -0.4 is 0 Å². The molecule has 0 amide bonds. The number of unbranched alkanes of at least 4 members (excludes halogenated alkanes) is 48. The Balaban J connectivity index is 4.20. The van der Waals surface area contributed by atoms with Crippen LogP contribution in [0, 0.1) is 0 Å². The van der Waals surface area contributed by atoms with Gasteiger partial charge >= 0.3 is 17.9 Å². The van der Waals surface area contributed by atoms with Gasteiger partial charge in [0, 0.05) is 19.3 Å². The lowest BCUT2D eigenvalue weighted by Gasteiger charge is -2.18. The smallest absolute Gasteiger partial charge is 0.306 e. The molecule has 0 rings (SSSR count). The Morgan fingerprint density at radius 3 is 0.733 bits per heavy atom. The van der Waals surface area contributed by atoms with E-state index in [4.69, 9.17) is 14.2 Å². The van der Waals surface area contributed by atoms with Gasteiger partial charge in [-0.15, -0.1) is 0 Å². The molecule has 0 bridgehead atoms. The summed E-state index contributed by atoms with van der Waals surface area (Å²) >= 11 is 0. The first-order valence-electron chi connectivity index (χ1n) is 33.8. The molecule has 0 radical (unpaired) electrons. The Labute approximate surface area is 468 Å². The van der Waals surface area contributed by atoms with Crippen molar-refractivity contribution in [1.82, 2.24) is 0 Å². The van der Waals surface area contributed by atoms with Crippen LogP contribution in [0.15, 0.2) is 24.3 Å². The number of carbonyl (C=O) groups excluding carboxylic acids is 3. The van der Waals surface area contributed by atoms with Gasteiger partial charge in [-0.05, 0) is 51.4 Å². The van der Waals surface area contributed by atoms with E-state index in [2.05, 4.69) is 45.1 Å². The first-order valence-corrected chi connectivity index (χ1v) is 33.8. The van der Waals surface area contributed by atoms with Crippen molar-refractivity contribution in [3.8, 4) is 0 Å². The normalized spacial score (nSPS) is 12.1. The van der Waals surface area contributed by atoms with Gasteiger partial charge in [0.05, 0.1) is 0 Å². The molecule has 0 aromatic heterocycles. The van der Waals surface area contributed by atoms with E-state index in [-0.39, 0.29) is 31.1 Å². The van der Waals surface area contributed by atoms with E-state index in [1.54, 1.807) is 0 Å². The zero-order valence-electron chi connectivity index (χ0n) is 50.8. The third kappa shape index (κ3) is 62.6. The van der Waals surface area contributed by atoms with Crippen molar-refractivity contribution >= 4 is 17.9 Å². The van der Waals surface area contributed by atoms with Crippen LogP contribution in [0.4, 0.5) is 0 Å². The van der Waals surface area contributed by atoms with Crippen molar-refractivity contribution in [3.05, 3.63) is 24.3 Å². The summed E-state index contributed by atoms with van der Waals surface area (Å²) in [5.41, 5.74) is 0. The summed E-state index contributed by atoms with van der Waals surface area (Å²) in [6.45, 7) is 6.70. The molecule has 0 aliphatic heterocycles. The number of ether oxygens (including phenoxy) is 3. The Kier molecular flexibility index (Phi) is 62.6. The van der Waals surface area contributed by atoms with Crippen LogP contribution in [0.2, 0.25) is 0 Å². The van der Waals surface area contributed by atoms with E-state index >= 15 is 0 Å². The number of rotatable bonds is 63. The molecule has 0 aliphatic carbocycles. The fraction of sp³-hybridized carbons (Fsp3) is 0.899. The zero-order chi connectivity index (χ0) is 54.3. The van der Waals surface area contributed by atoms with Gasteiger partial charge in [-0.3, -0.25) is 14.4 Å². The molecule has 1 unspecified atom stereocenters. The summed E-state index contributed by atoms with van der Waals surface area (Å²) in [4.78, 5) is 38.3. The lowest BCUT2D eigenvalue weighted by atomic mass is 10.0. The van der Waals surface area contributed by atoms with E-state index in [1.165, 1.54) is 276 Å². The SMILES string of the molecule is CCCCCCC/C=C\C/C=C\CCCCCCCCCCCCCC(=O)OCC(COC(=O)CCCCCCCCCCCCC)OC(=O)CCCCCCCCCCCCCCCCCCCCCCCCC. The van der Waals surface area contributed by atoms with Gasteiger partial charge in [0.1, 0.15) is 13.2 Å². The van der Waals surface area contributed by atoms with Crippen LogP contribution in [0.5, 0.6) is 0 Å². The Morgan fingerprint density at radius 1 is 0.267 bits per heavy atom. The molecule has 0 aliphatic rings. The number of hydrogen-bond donors (Lipinski definition) is 0. The summed E-state index contributed by atoms with van der Waals surface area (Å²) in [5.74, 6) is -0.839. The number of carbonyl (C=O) groups is 3. The average molecular weight is 1060 g/mol. The molecule has 0 fully saturated rings. The molecule has 442 valence electrons. The predicted molar refractivity (Wildman–Crippen MR) is 326 cm³/mol. The minimum Gasteiger partial charge on any atom is -0.462 e. The molecule has 0 saturated heterocycles. The van der Waals surface area contributed by atoms with Crippen LogP contribution in [0.1, 0.15) is 380 Å². The molecular weight excluding hydrogens is 925 g/mol. The van der Waals surface area contributed by atoms with Gasteiger partial charge in [0.15, 0.2) is 6.10 Å². The van der Waals surface area contributed by atoms with Gasteiger partial charge in [0.25, 0.3) is 0 Å². The van der Waals surface area contributed by atoms with Crippen molar-refractivity contribution in [2.75, 3.05) is 13.2 Å². The second-order valence-corrected chi connectivity index (χ2v) is 23.1. The Bertz CT molecular complexity index is 1210. The first-order chi connectivity index (χ1) is 37.0. The topological polar surface area (TPSA) is 78.9 Å². The molecule has 6 nitrogen and oxygen atoms in total. The maximum absolute atomic E-state index is 12.9. The second-order valence-electron chi connectivity index (χ2n) is 23.1. The third-order valence-electron chi connectivity index (χ3n) is 15.5. The molecule has 1 atom stereocenters. The van der Waals surface area contributed by atoms with Crippen LogP contribution in [-0.2, 0) is 28.6 Å². The van der Waals surface area contributed by atoms with Gasteiger partial charge < -0.3 is 14.2 Å². The third-order valence-corrected chi connectivity index (χ3v) is 15.5. The first kappa shape index (κ1) is 72.9. The van der Waals surface area contributed by atoms with Gasteiger partial charge in [-0.1, -0.05) is 334 Å². The van der Waals surface area contributed by atoms with Crippen LogP contribution >= 0.6 is 0 Å². The highest BCUT2D eigenvalue weighted by Gasteiger charge is 2.19. The molecule has 0 aromatic carbocycles. The molecule has 75 heavy (non-hydrogen) atoms. The molecule has 0 saturated carbocycles. The van der Waals surface area contributed by atoms with E-state index in [0.29, 0.717) is 19.3 Å². The lowest BCUT2D eigenvalue weighted by Crippen LogP contribution is -2.30. The van der Waals surface area contributed by atoms with Crippen LogP contribution in [0.3, 0.4) is 0 Å². The highest BCUT2D eigenvalue weighted by atomic mass is 16.6. The minimum atomic E-state index is -0.767. The van der Waals surface area contributed by atoms with Gasteiger partial charge in [0.2, 0.25) is 0 Å². The van der Waals surface area contributed by atoms with Crippen molar-refractivity contribution in [2.45, 2.75) is 386 Å². The Hall–Kier alpha value is -2.11. The summed E-state index contributed by atoms with van der Waals surface area (Å²) in [6, 6.07) is 0. The molecule has 0 spiro atoms. The molecule has 0 aromatic rings. The summed E-state index contributed by atoms with van der Waals surface area (Å²) in [6.07, 6.45) is 77.7. The maximum atomic E-state index is 12.9. The van der Waals surface area contributed by atoms with E-state index in [9.17, 15) is 14.4 Å². The fourth-order valence-corrected chi connectivity index (χ4v) is 10.4. The molecular formula is C69H130O6. The highest BCUT2D eigenvalue weighted by molar-refractivity contribution is 5.71. The number of esters is 3. The summed E-state index contributed by atoms with van der Waals surface area (Å²) in [7, 11) is 0. The maximum Gasteiger partial charge on any atom is 0.306 e.